The van der Waals surface area contributed by atoms with Gasteiger partial charge in [0.1, 0.15) is 5.82 Å². The SMILES string of the molecule is CC(C)(C)c1cnc(CNc2cccc(Br)c2)[nH]1. The van der Waals surface area contributed by atoms with Gasteiger partial charge in [0.2, 0.25) is 0 Å². The van der Waals surface area contributed by atoms with Gasteiger partial charge in [-0.15, -0.1) is 0 Å². The summed E-state index contributed by atoms with van der Waals surface area (Å²) in [6.45, 7) is 7.22. The molecule has 2 aromatic rings. The van der Waals surface area contributed by atoms with Gasteiger partial charge in [0.25, 0.3) is 0 Å². The second-order valence-corrected chi connectivity index (χ2v) is 6.27. The number of aromatic nitrogens is 2. The van der Waals surface area contributed by atoms with Gasteiger partial charge in [-0.2, -0.15) is 0 Å². The van der Waals surface area contributed by atoms with E-state index in [1.807, 2.05) is 30.5 Å². The highest BCUT2D eigenvalue weighted by atomic mass is 79.9. The molecule has 0 amide bonds. The lowest BCUT2D eigenvalue weighted by molar-refractivity contribution is 0.571. The number of nitrogens with zero attached hydrogens (tertiary/aromatic N) is 1. The summed E-state index contributed by atoms with van der Waals surface area (Å²) in [6.07, 6.45) is 1.91. The van der Waals surface area contributed by atoms with Crippen LogP contribution < -0.4 is 5.32 Å². The number of nitrogens with one attached hydrogen (secondary N) is 2. The van der Waals surface area contributed by atoms with Crippen LogP contribution >= 0.6 is 15.9 Å². The molecule has 0 saturated carbocycles. The monoisotopic (exact) mass is 307 g/mol. The van der Waals surface area contributed by atoms with E-state index in [0.717, 1.165) is 21.7 Å². The number of hydrogen-bond acceptors (Lipinski definition) is 2. The number of hydrogen-bond donors (Lipinski definition) is 2. The van der Waals surface area contributed by atoms with E-state index in [0.29, 0.717) is 6.54 Å². The highest BCUT2D eigenvalue weighted by Gasteiger charge is 2.16. The zero-order valence-corrected chi connectivity index (χ0v) is 12.5. The zero-order valence-electron chi connectivity index (χ0n) is 10.9. The van der Waals surface area contributed by atoms with Gasteiger partial charge < -0.3 is 10.3 Å². The van der Waals surface area contributed by atoms with Crippen LogP contribution in [0.2, 0.25) is 0 Å². The average molecular weight is 308 g/mol. The zero-order chi connectivity index (χ0) is 13.2. The first-order valence-electron chi connectivity index (χ1n) is 5.99. The third kappa shape index (κ3) is 3.35. The smallest absolute Gasteiger partial charge is 0.125 e. The Balaban J connectivity index is 2.01. The molecule has 2 rings (SSSR count). The Kier molecular flexibility index (Phi) is 3.76. The molecule has 0 aliphatic carbocycles. The van der Waals surface area contributed by atoms with E-state index in [9.17, 15) is 0 Å². The summed E-state index contributed by atoms with van der Waals surface area (Å²) in [7, 11) is 0. The first-order valence-corrected chi connectivity index (χ1v) is 6.78. The molecule has 0 spiro atoms. The maximum atomic E-state index is 4.39. The Morgan fingerprint density at radius 1 is 1.33 bits per heavy atom. The normalized spacial score (nSPS) is 11.6. The molecular weight excluding hydrogens is 290 g/mol. The fourth-order valence-electron chi connectivity index (χ4n) is 1.62. The Morgan fingerprint density at radius 3 is 2.72 bits per heavy atom. The van der Waals surface area contributed by atoms with E-state index < -0.39 is 0 Å². The molecule has 0 fully saturated rings. The standard InChI is InChI=1S/C14H18BrN3/c1-14(2,3)12-8-17-13(18-12)9-16-11-6-4-5-10(15)7-11/h4-8,16H,9H2,1-3H3,(H,17,18). The van der Waals surface area contributed by atoms with Crippen LogP contribution in [0, 0.1) is 0 Å². The van der Waals surface area contributed by atoms with Crippen molar-refractivity contribution in [3.8, 4) is 0 Å². The van der Waals surface area contributed by atoms with Crippen LogP contribution in [-0.4, -0.2) is 9.97 Å². The number of benzene rings is 1. The van der Waals surface area contributed by atoms with Gasteiger partial charge in [-0.3, -0.25) is 0 Å². The minimum atomic E-state index is 0.112. The second kappa shape index (κ2) is 5.14. The fraction of sp³-hybridized carbons (Fsp3) is 0.357. The lowest BCUT2D eigenvalue weighted by atomic mass is 9.93. The van der Waals surface area contributed by atoms with E-state index in [1.54, 1.807) is 0 Å². The summed E-state index contributed by atoms with van der Waals surface area (Å²) in [6, 6.07) is 8.11. The summed E-state index contributed by atoms with van der Waals surface area (Å²) >= 11 is 3.46. The second-order valence-electron chi connectivity index (χ2n) is 5.36. The summed E-state index contributed by atoms with van der Waals surface area (Å²) in [5.74, 6) is 0.958. The largest absolute Gasteiger partial charge is 0.378 e. The number of H-pyrrole nitrogens is 1. The maximum Gasteiger partial charge on any atom is 0.125 e. The molecule has 1 aromatic heterocycles. The molecule has 1 heterocycles. The molecule has 3 nitrogen and oxygen atoms in total. The van der Waals surface area contributed by atoms with E-state index in [1.165, 1.54) is 0 Å². The highest BCUT2D eigenvalue weighted by molar-refractivity contribution is 9.10. The Labute approximate surface area is 116 Å². The van der Waals surface area contributed by atoms with Crippen LogP contribution in [0.25, 0.3) is 0 Å². The van der Waals surface area contributed by atoms with E-state index in [4.69, 9.17) is 0 Å². The van der Waals surface area contributed by atoms with Gasteiger partial charge in [-0.05, 0) is 18.2 Å². The predicted octanol–water partition coefficient (Wildman–Crippen LogP) is 4.08. The minimum Gasteiger partial charge on any atom is -0.378 e. The van der Waals surface area contributed by atoms with E-state index in [-0.39, 0.29) is 5.41 Å². The van der Waals surface area contributed by atoms with Gasteiger partial charge in [-0.1, -0.05) is 42.8 Å². The van der Waals surface area contributed by atoms with Gasteiger partial charge >= 0.3 is 0 Å². The van der Waals surface area contributed by atoms with E-state index >= 15 is 0 Å². The number of imidazole rings is 1. The van der Waals surface area contributed by atoms with Crippen molar-refractivity contribution in [2.24, 2.45) is 0 Å². The Hall–Kier alpha value is -1.29. The van der Waals surface area contributed by atoms with Crippen molar-refractivity contribution >= 4 is 21.6 Å². The number of rotatable bonds is 3. The average Bonchev–Trinajstić information content (AvgIpc) is 2.74. The quantitative estimate of drug-likeness (QED) is 0.897. The highest BCUT2D eigenvalue weighted by Crippen LogP contribution is 2.20. The topological polar surface area (TPSA) is 40.7 Å². The van der Waals surface area contributed by atoms with Crippen LogP contribution in [0.3, 0.4) is 0 Å². The number of halogens is 1. The molecule has 0 aliphatic rings. The van der Waals surface area contributed by atoms with Crippen molar-refractivity contribution in [2.45, 2.75) is 32.7 Å². The molecule has 0 radical (unpaired) electrons. The van der Waals surface area contributed by atoms with Crippen molar-refractivity contribution in [1.29, 1.82) is 0 Å². The molecule has 0 saturated heterocycles. The third-order valence-electron chi connectivity index (χ3n) is 2.72. The predicted molar refractivity (Wildman–Crippen MR) is 78.8 cm³/mol. The molecule has 2 N–H and O–H groups in total. The van der Waals surface area contributed by atoms with Crippen LogP contribution in [0.4, 0.5) is 5.69 Å². The number of aromatic amines is 1. The van der Waals surface area contributed by atoms with Crippen LogP contribution in [0.5, 0.6) is 0 Å². The molecule has 4 heteroatoms. The van der Waals surface area contributed by atoms with Crippen molar-refractivity contribution in [1.82, 2.24) is 9.97 Å². The van der Waals surface area contributed by atoms with Crippen LogP contribution in [0.15, 0.2) is 34.9 Å². The number of anilines is 1. The maximum absolute atomic E-state index is 4.39. The molecule has 0 unspecified atom stereocenters. The van der Waals surface area contributed by atoms with Crippen molar-refractivity contribution < 1.29 is 0 Å². The van der Waals surface area contributed by atoms with Gasteiger partial charge in [0.05, 0.1) is 6.54 Å². The molecule has 0 atom stereocenters. The van der Waals surface area contributed by atoms with Gasteiger partial charge in [0.15, 0.2) is 0 Å². The van der Waals surface area contributed by atoms with Crippen molar-refractivity contribution in [3.05, 3.63) is 46.5 Å². The summed E-state index contributed by atoms with van der Waals surface area (Å²) in [5, 5.41) is 3.34. The van der Waals surface area contributed by atoms with Crippen LogP contribution in [0.1, 0.15) is 32.3 Å². The molecule has 0 bridgehead atoms. The summed E-state index contributed by atoms with van der Waals surface area (Å²) in [4.78, 5) is 7.74. The molecule has 18 heavy (non-hydrogen) atoms. The summed E-state index contributed by atoms with van der Waals surface area (Å²) < 4.78 is 1.07. The van der Waals surface area contributed by atoms with Gasteiger partial charge in [0, 0.05) is 27.5 Å². The first kappa shape index (κ1) is 13.1. The van der Waals surface area contributed by atoms with Crippen molar-refractivity contribution in [3.63, 3.8) is 0 Å². The fourth-order valence-corrected chi connectivity index (χ4v) is 2.02. The van der Waals surface area contributed by atoms with Crippen molar-refractivity contribution in [2.75, 3.05) is 5.32 Å². The van der Waals surface area contributed by atoms with E-state index in [2.05, 4.69) is 52.0 Å². The minimum absolute atomic E-state index is 0.112. The lowest BCUT2D eigenvalue weighted by Crippen LogP contribution is -2.11. The first-order chi connectivity index (χ1) is 8.45. The molecular formula is C14H18BrN3. The Morgan fingerprint density at radius 2 is 2.11 bits per heavy atom. The third-order valence-corrected chi connectivity index (χ3v) is 3.21. The Bertz CT molecular complexity index is 526. The summed E-state index contributed by atoms with van der Waals surface area (Å²) in [5.41, 5.74) is 2.35. The molecule has 96 valence electrons. The molecule has 0 aliphatic heterocycles. The van der Waals surface area contributed by atoms with Crippen LogP contribution in [-0.2, 0) is 12.0 Å². The molecule has 1 aromatic carbocycles. The lowest BCUT2D eigenvalue weighted by Gasteiger charge is -2.15. The van der Waals surface area contributed by atoms with Gasteiger partial charge in [-0.25, -0.2) is 4.98 Å².